The Morgan fingerprint density at radius 1 is 1.23 bits per heavy atom. The number of rotatable bonds is 4. The summed E-state index contributed by atoms with van der Waals surface area (Å²) >= 11 is 0. The van der Waals surface area contributed by atoms with E-state index >= 15 is 0 Å². The lowest BCUT2D eigenvalue weighted by Crippen LogP contribution is -2.07. The summed E-state index contributed by atoms with van der Waals surface area (Å²) in [6.45, 7) is 0. The molecule has 4 rings (SSSR count). The molecule has 0 radical (unpaired) electrons. The number of amides is 1. The molecule has 128 valence electrons. The van der Waals surface area contributed by atoms with Gasteiger partial charge in [0.25, 0.3) is 0 Å². The molecule has 0 aliphatic rings. The third kappa shape index (κ3) is 3.12. The maximum Gasteiger partial charge on any atom is 0.248 e. The van der Waals surface area contributed by atoms with Gasteiger partial charge in [-0.3, -0.25) is 14.9 Å². The Hall–Kier alpha value is -3.67. The summed E-state index contributed by atoms with van der Waals surface area (Å²) in [6, 6.07) is 9.77. The number of pyridine rings is 1. The molecule has 3 heterocycles. The van der Waals surface area contributed by atoms with Crippen LogP contribution in [0, 0.1) is 0 Å². The number of aryl methyl sites for hydroxylation is 1. The first-order chi connectivity index (χ1) is 12.7. The van der Waals surface area contributed by atoms with Crippen LogP contribution in [0.5, 0.6) is 0 Å². The van der Waals surface area contributed by atoms with Crippen molar-refractivity contribution in [2.24, 2.45) is 7.05 Å². The Morgan fingerprint density at radius 2 is 2.15 bits per heavy atom. The Bertz CT molecular complexity index is 1090. The van der Waals surface area contributed by atoms with E-state index in [0.717, 1.165) is 33.3 Å². The first-order valence-corrected chi connectivity index (χ1v) is 8.18. The lowest BCUT2D eigenvalue weighted by Gasteiger charge is -2.04. The average molecular weight is 343 g/mol. The van der Waals surface area contributed by atoms with Crippen LogP contribution in [0.15, 0.2) is 67.4 Å². The molecular weight excluding hydrogens is 326 g/mol. The maximum atomic E-state index is 12.3. The van der Waals surface area contributed by atoms with E-state index in [0.29, 0.717) is 0 Å². The van der Waals surface area contributed by atoms with Gasteiger partial charge >= 0.3 is 0 Å². The van der Waals surface area contributed by atoms with Crippen molar-refractivity contribution in [2.45, 2.75) is 0 Å². The largest absolute Gasteiger partial charge is 0.351 e. The van der Waals surface area contributed by atoms with E-state index in [1.54, 1.807) is 24.7 Å². The van der Waals surface area contributed by atoms with Crippen molar-refractivity contribution in [3.63, 3.8) is 0 Å². The highest BCUT2D eigenvalue weighted by molar-refractivity contribution is 6.03. The zero-order valence-corrected chi connectivity index (χ0v) is 14.2. The van der Waals surface area contributed by atoms with E-state index in [4.69, 9.17) is 0 Å². The number of benzene rings is 1. The zero-order valence-electron chi connectivity index (χ0n) is 14.2. The standard InChI is InChI=1S/C20H17N5O/c1-25-9-7-14-10-17(3-4-19(14)25)24-20(26)5-2-15-11-21-8-6-18(15)16-12-22-23-13-16/h2-13H,1H3,(H,22,23)(H,24,26). The molecule has 0 aliphatic heterocycles. The van der Waals surface area contributed by atoms with Crippen molar-refractivity contribution in [3.8, 4) is 11.1 Å². The molecule has 6 heteroatoms. The molecule has 0 spiro atoms. The van der Waals surface area contributed by atoms with Gasteiger partial charge in [-0.2, -0.15) is 5.10 Å². The number of H-pyrrole nitrogens is 1. The van der Waals surface area contributed by atoms with Gasteiger partial charge in [-0.25, -0.2) is 0 Å². The van der Waals surface area contributed by atoms with Gasteiger partial charge < -0.3 is 9.88 Å². The fraction of sp³-hybridized carbons (Fsp3) is 0.0500. The number of aromatic amines is 1. The van der Waals surface area contributed by atoms with Crippen molar-refractivity contribution in [3.05, 3.63) is 73.0 Å². The van der Waals surface area contributed by atoms with Gasteiger partial charge in [0.2, 0.25) is 5.91 Å². The van der Waals surface area contributed by atoms with Gasteiger partial charge in [0.1, 0.15) is 0 Å². The third-order valence-corrected chi connectivity index (χ3v) is 4.23. The quantitative estimate of drug-likeness (QED) is 0.556. The van der Waals surface area contributed by atoms with Crippen molar-refractivity contribution >= 4 is 28.6 Å². The maximum absolute atomic E-state index is 12.3. The predicted octanol–water partition coefficient (Wildman–Crippen LogP) is 3.62. The number of aromatic nitrogens is 4. The van der Waals surface area contributed by atoms with Crippen LogP contribution in [0.25, 0.3) is 28.1 Å². The molecule has 0 saturated heterocycles. The average Bonchev–Trinajstić information content (AvgIpc) is 3.31. The van der Waals surface area contributed by atoms with Crippen LogP contribution in [-0.2, 0) is 11.8 Å². The van der Waals surface area contributed by atoms with E-state index < -0.39 is 0 Å². The minimum Gasteiger partial charge on any atom is -0.351 e. The van der Waals surface area contributed by atoms with E-state index in [-0.39, 0.29) is 5.91 Å². The van der Waals surface area contributed by atoms with Crippen LogP contribution in [0.2, 0.25) is 0 Å². The van der Waals surface area contributed by atoms with Gasteiger partial charge in [0.05, 0.1) is 6.20 Å². The zero-order chi connectivity index (χ0) is 17.9. The van der Waals surface area contributed by atoms with Gasteiger partial charge in [-0.15, -0.1) is 0 Å². The molecule has 0 aliphatic carbocycles. The van der Waals surface area contributed by atoms with Crippen molar-refractivity contribution in [1.82, 2.24) is 19.7 Å². The number of hydrogen-bond donors (Lipinski definition) is 2. The number of carbonyl (C=O) groups is 1. The predicted molar refractivity (Wildman–Crippen MR) is 102 cm³/mol. The van der Waals surface area contributed by atoms with Crippen LogP contribution in [0.4, 0.5) is 5.69 Å². The molecule has 1 aromatic carbocycles. The Morgan fingerprint density at radius 3 is 3.00 bits per heavy atom. The number of carbonyl (C=O) groups excluding carboxylic acids is 1. The normalized spacial score (nSPS) is 11.3. The number of hydrogen-bond acceptors (Lipinski definition) is 3. The molecule has 0 bridgehead atoms. The first-order valence-electron chi connectivity index (χ1n) is 8.18. The summed E-state index contributed by atoms with van der Waals surface area (Å²) in [5.74, 6) is -0.192. The molecule has 1 amide bonds. The molecule has 3 aromatic heterocycles. The van der Waals surface area contributed by atoms with Gasteiger partial charge in [-0.05, 0) is 42.0 Å². The molecule has 4 aromatic rings. The summed E-state index contributed by atoms with van der Waals surface area (Å²) in [5, 5.41) is 10.7. The van der Waals surface area contributed by atoms with Crippen molar-refractivity contribution in [1.29, 1.82) is 0 Å². The second-order valence-corrected chi connectivity index (χ2v) is 5.97. The van der Waals surface area contributed by atoms with E-state index in [1.807, 2.05) is 54.3 Å². The molecule has 0 unspecified atom stereocenters. The minimum absolute atomic E-state index is 0.192. The smallest absolute Gasteiger partial charge is 0.248 e. The van der Waals surface area contributed by atoms with Crippen LogP contribution in [-0.4, -0.2) is 25.7 Å². The SMILES string of the molecule is Cn1ccc2cc(NC(=O)C=Cc3cnccc3-c3cn[nH]c3)ccc21. The number of nitrogens with zero attached hydrogens (tertiary/aromatic N) is 3. The Balaban J connectivity index is 1.53. The number of nitrogens with one attached hydrogen (secondary N) is 2. The molecule has 0 saturated carbocycles. The molecule has 0 atom stereocenters. The van der Waals surface area contributed by atoms with Crippen LogP contribution in [0.1, 0.15) is 5.56 Å². The van der Waals surface area contributed by atoms with Gasteiger partial charge in [0.15, 0.2) is 0 Å². The summed E-state index contributed by atoms with van der Waals surface area (Å²) in [4.78, 5) is 16.4. The molecule has 6 nitrogen and oxygen atoms in total. The molecule has 0 fully saturated rings. The molecule has 26 heavy (non-hydrogen) atoms. The second-order valence-electron chi connectivity index (χ2n) is 5.97. The Labute approximate surface area is 150 Å². The first kappa shape index (κ1) is 15.8. The van der Waals surface area contributed by atoms with E-state index in [2.05, 4.69) is 20.5 Å². The lowest BCUT2D eigenvalue weighted by atomic mass is 10.0. The minimum atomic E-state index is -0.192. The van der Waals surface area contributed by atoms with Crippen LogP contribution in [0.3, 0.4) is 0 Å². The lowest BCUT2D eigenvalue weighted by molar-refractivity contribution is -0.111. The molecular formula is C20H17N5O. The monoisotopic (exact) mass is 343 g/mol. The van der Waals surface area contributed by atoms with Gasteiger partial charge in [0, 0.05) is 65.6 Å². The van der Waals surface area contributed by atoms with E-state index in [9.17, 15) is 4.79 Å². The third-order valence-electron chi connectivity index (χ3n) is 4.23. The number of fused-ring (bicyclic) bond motifs is 1. The fourth-order valence-corrected chi connectivity index (χ4v) is 2.91. The van der Waals surface area contributed by atoms with Gasteiger partial charge in [-0.1, -0.05) is 0 Å². The summed E-state index contributed by atoms with van der Waals surface area (Å²) in [7, 11) is 1.99. The van der Waals surface area contributed by atoms with Crippen LogP contribution >= 0.6 is 0 Å². The summed E-state index contributed by atoms with van der Waals surface area (Å²) in [5.41, 5.74) is 4.64. The van der Waals surface area contributed by atoms with Crippen LogP contribution < -0.4 is 5.32 Å². The van der Waals surface area contributed by atoms with Crippen molar-refractivity contribution < 1.29 is 4.79 Å². The summed E-state index contributed by atoms with van der Waals surface area (Å²) < 4.78 is 2.04. The van der Waals surface area contributed by atoms with E-state index in [1.165, 1.54) is 6.08 Å². The highest BCUT2D eigenvalue weighted by Crippen LogP contribution is 2.23. The topological polar surface area (TPSA) is 75.6 Å². The fourth-order valence-electron chi connectivity index (χ4n) is 2.91. The number of anilines is 1. The Kier molecular flexibility index (Phi) is 4.07. The highest BCUT2D eigenvalue weighted by Gasteiger charge is 2.05. The second kappa shape index (κ2) is 6.68. The van der Waals surface area contributed by atoms with Crippen molar-refractivity contribution in [2.75, 3.05) is 5.32 Å². The molecule has 2 N–H and O–H groups in total. The summed E-state index contributed by atoms with van der Waals surface area (Å²) in [6.07, 6.45) is 12.2. The highest BCUT2D eigenvalue weighted by atomic mass is 16.1.